The van der Waals surface area contributed by atoms with E-state index in [9.17, 15) is 9.59 Å². The Labute approximate surface area is 154 Å². The molecule has 24 heavy (non-hydrogen) atoms. The van der Waals surface area contributed by atoms with Gasteiger partial charge in [-0.15, -0.1) is 12.4 Å². The second-order valence-corrected chi connectivity index (χ2v) is 7.24. The average Bonchev–Trinajstić information content (AvgIpc) is 2.91. The molecule has 0 spiro atoms. The van der Waals surface area contributed by atoms with Gasteiger partial charge in [0.25, 0.3) is 5.91 Å². The highest BCUT2D eigenvalue weighted by Gasteiger charge is 2.35. The summed E-state index contributed by atoms with van der Waals surface area (Å²) < 4.78 is 0. The van der Waals surface area contributed by atoms with Crippen LogP contribution < -0.4 is 11.1 Å². The average molecular weight is 374 g/mol. The zero-order chi connectivity index (χ0) is 17.2. The van der Waals surface area contributed by atoms with Gasteiger partial charge < -0.3 is 16.0 Å². The van der Waals surface area contributed by atoms with Gasteiger partial charge in [0.2, 0.25) is 5.91 Å². The SMILES string of the molecule is CC(C)C(=O)Nc1ccc(Cl)c(C(=O)N2CCC(C)(CN)C2)c1.Cl. The first-order chi connectivity index (χ1) is 10.8. The predicted molar refractivity (Wildman–Crippen MR) is 99.8 cm³/mol. The molecule has 5 nitrogen and oxygen atoms in total. The van der Waals surface area contributed by atoms with Crippen LogP contribution in [0.4, 0.5) is 5.69 Å². The Bertz CT molecular complexity index is 622. The number of halogens is 2. The van der Waals surface area contributed by atoms with Crippen LogP contribution in [0.5, 0.6) is 0 Å². The number of nitrogens with one attached hydrogen (secondary N) is 1. The zero-order valence-corrected chi connectivity index (χ0v) is 15.8. The molecule has 0 radical (unpaired) electrons. The van der Waals surface area contributed by atoms with Gasteiger partial charge in [0.05, 0.1) is 10.6 Å². The Balaban J connectivity index is 0.00000288. The number of likely N-dealkylation sites (tertiary alicyclic amines) is 1. The molecular weight excluding hydrogens is 349 g/mol. The standard InChI is InChI=1S/C17H24ClN3O2.ClH/c1-11(2)15(22)20-12-4-5-14(18)13(8-12)16(23)21-7-6-17(3,9-19)10-21;/h4-5,8,11H,6-7,9-10,19H2,1-3H3,(H,20,22);1H. The van der Waals surface area contributed by atoms with Gasteiger partial charge in [0.15, 0.2) is 0 Å². The predicted octanol–water partition coefficient (Wildman–Crippen LogP) is 3.17. The molecule has 1 aromatic rings. The molecule has 1 heterocycles. The lowest BCUT2D eigenvalue weighted by atomic mass is 9.90. The summed E-state index contributed by atoms with van der Waals surface area (Å²) in [6, 6.07) is 4.99. The van der Waals surface area contributed by atoms with Crippen LogP contribution in [0.2, 0.25) is 5.02 Å². The zero-order valence-electron chi connectivity index (χ0n) is 14.3. The van der Waals surface area contributed by atoms with Gasteiger partial charge in [-0.05, 0) is 36.6 Å². The van der Waals surface area contributed by atoms with E-state index in [1.807, 2.05) is 13.8 Å². The van der Waals surface area contributed by atoms with Crippen molar-refractivity contribution in [2.75, 3.05) is 25.0 Å². The minimum atomic E-state index is -0.131. The smallest absolute Gasteiger partial charge is 0.255 e. The molecule has 2 amide bonds. The maximum atomic E-state index is 12.7. The number of hydrogen-bond donors (Lipinski definition) is 2. The van der Waals surface area contributed by atoms with E-state index in [0.717, 1.165) is 6.42 Å². The van der Waals surface area contributed by atoms with Gasteiger partial charge in [0, 0.05) is 24.7 Å². The normalized spacial score (nSPS) is 20.0. The Morgan fingerprint density at radius 3 is 2.62 bits per heavy atom. The van der Waals surface area contributed by atoms with Gasteiger partial charge in [-0.1, -0.05) is 32.4 Å². The van der Waals surface area contributed by atoms with Crippen LogP contribution in [0.3, 0.4) is 0 Å². The van der Waals surface area contributed by atoms with Gasteiger partial charge >= 0.3 is 0 Å². The first-order valence-electron chi connectivity index (χ1n) is 7.85. The van der Waals surface area contributed by atoms with Crippen LogP contribution in [-0.2, 0) is 4.79 Å². The molecule has 0 aromatic heterocycles. The monoisotopic (exact) mass is 373 g/mol. The van der Waals surface area contributed by atoms with E-state index in [2.05, 4.69) is 12.2 Å². The first-order valence-corrected chi connectivity index (χ1v) is 8.23. The minimum Gasteiger partial charge on any atom is -0.338 e. The minimum absolute atomic E-state index is 0. The number of benzene rings is 1. The van der Waals surface area contributed by atoms with E-state index in [4.69, 9.17) is 17.3 Å². The van der Waals surface area contributed by atoms with Crippen molar-refractivity contribution in [1.82, 2.24) is 4.90 Å². The van der Waals surface area contributed by atoms with Crippen molar-refractivity contribution in [2.24, 2.45) is 17.1 Å². The molecule has 7 heteroatoms. The fourth-order valence-electron chi connectivity index (χ4n) is 2.59. The summed E-state index contributed by atoms with van der Waals surface area (Å²) in [4.78, 5) is 26.3. The van der Waals surface area contributed by atoms with E-state index in [1.165, 1.54) is 0 Å². The summed E-state index contributed by atoms with van der Waals surface area (Å²) in [6.07, 6.45) is 0.886. The Hall–Kier alpha value is -1.30. The number of carbonyl (C=O) groups is 2. The summed E-state index contributed by atoms with van der Waals surface area (Å²) in [5.41, 5.74) is 6.75. The third-order valence-electron chi connectivity index (χ3n) is 4.33. The maximum absolute atomic E-state index is 12.7. The lowest BCUT2D eigenvalue weighted by Crippen LogP contribution is -2.34. The van der Waals surface area contributed by atoms with Crippen molar-refractivity contribution in [3.05, 3.63) is 28.8 Å². The fraction of sp³-hybridized carbons (Fsp3) is 0.529. The molecule has 2 rings (SSSR count). The Morgan fingerprint density at radius 2 is 2.08 bits per heavy atom. The quantitative estimate of drug-likeness (QED) is 0.850. The summed E-state index contributed by atoms with van der Waals surface area (Å²) in [5, 5.41) is 3.18. The van der Waals surface area contributed by atoms with E-state index < -0.39 is 0 Å². The van der Waals surface area contributed by atoms with E-state index in [1.54, 1.807) is 23.1 Å². The molecular formula is C17H25Cl2N3O2. The molecule has 1 unspecified atom stereocenters. The molecule has 0 bridgehead atoms. The Morgan fingerprint density at radius 1 is 1.42 bits per heavy atom. The Kier molecular flexibility index (Phi) is 7.08. The van der Waals surface area contributed by atoms with Crippen molar-refractivity contribution in [3.63, 3.8) is 0 Å². The molecule has 1 saturated heterocycles. The molecule has 1 aliphatic rings. The van der Waals surface area contributed by atoms with Gasteiger partial charge in [-0.25, -0.2) is 0 Å². The molecule has 0 aliphatic carbocycles. The molecule has 1 atom stereocenters. The number of amides is 2. The highest BCUT2D eigenvalue weighted by molar-refractivity contribution is 6.34. The van der Waals surface area contributed by atoms with Crippen molar-refractivity contribution in [3.8, 4) is 0 Å². The van der Waals surface area contributed by atoms with Crippen molar-refractivity contribution >= 4 is 41.5 Å². The van der Waals surface area contributed by atoms with Crippen LogP contribution in [-0.4, -0.2) is 36.3 Å². The molecule has 0 saturated carbocycles. The second kappa shape index (κ2) is 8.19. The van der Waals surface area contributed by atoms with Crippen molar-refractivity contribution < 1.29 is 9.59 Å². The first kappa shape index (κ1) is 20.7. The van der Waals surface area contributed by atoms with Gasteiger partial charge in [-0.3, -0.25) is 9.59 Å². The highest BCUT2D eigenvalue weighted by atomic mass is 35.5. The fourth-order valence-corrected chi connectivity index (χ4v) is 2.79. The molecule has 1 aromatic carbocycles. The van der Waals surface area contributed by atoms with E-state index in [-0.39, 0.29) is 35.6 Å². The highest BCUT2D eigenvalue weighted by Crippen LogP contribution is 2.31. The maximum Gasteiger partial charge on any atom is 0.255 e. The topological polar surface area (TPSA) is 75.4 Å². The number of nitrogens with zero attached hydrogens (tertiary/aromatic N) is 1. The van der Waals surface area contributed by atoms with Crippen LogP contribution in [0.1, 0.15) is 37.6 Å². The number of anilines is 1. The summed E-state index contributed by atoms with van der Waals surface area (Å²) in [5.74, 6) is -0.343. The van der Waals surface area contributed by atoms with E-state index >= 15 is 0 Å². The lowest BCUT2D eigenvalue weighted by Gasteiger charge is -2.23. The molecule has 1 aliphatic heterocycles. The number of rotatable bonds is 4. The third-order valence-corrected chi connectivity index (χ3v) is 4.66. The third kappa shape index (κ3) is 4.62. The van der Waals surface area contributed by atoms with Crippen molar-refractivity contribution in [2.45, 2.75) is 27.2 Å². The van der Waals surface area contributed by atoms with Crippen LogP contribution in [0.15, 0.2) is 18.2 Å². The van der Waals surface area contributed by atoms with Crippen molar-refractivity contribution in [1.29, 1.82) is 0 Å². The summed E-state index contributed by atoms with van der Waals surface area (Å²) >= 11 is 6.19. The second-order valence-electron chi connectivity index (χ2n) is 6.83. The van der Waals surface area contributed by atoms with Crippen LogP contribution >= 0.6 is 24.0 Å². The lowest BCUT2D eigenvalue weighted by molar-refractivity contribution is -0.118. The number of carbonyl (C=O) groups excluding carboxylic acids is 2. The summed E-state index contributed by atoms with van der Waals surface area (Å²) in [7, 11) is 0. The molecule has 3 N–H and O–H groups in total. The van der Waals surface area contributed by atoms with Crippen LogP contribution in [0, 0.1) is 11.3 Å². The summed E-state index contributed by atoms with van der Waals surface area (Å²) in [6.45, 7) is 7.56. The number of hydrogen-bond acceptors (Lipinski definition) is 3. The molecule has 1 fully saturated rings. The molecule has 134 valence electrons. The van der Waals surface area contributed by atoms with Crippen LogP contribution in [0.25, 0.3) is 0 Å². The van der Waals surface area contributed by atoms with Gasteiger partial charge in [-0.2, -0.15) is 0 Å². The van der Waals surface area contributed by atoms with Gasteiger partial charge in [0.1, 0.15) is 0 Å². The van der Waals surface area contributed by atoms with E-state index in [0.29, 0.717) is 35.9 Å². The number of nitrogens with two attached hydrogens (primary N) is 1. The largest absolute Gasteiger partial charge is 0.338 e.